The van der Waals surface area contributed by atoms with Crippen LogP contribution in [0.5, 0.6) is 5.75 Å². The quantitative estimate of drug-likeness (QED) is 0.905. The maximum Gasteiger partial charge on any atom is 0.228 e. The van der Waals surface area contributed by atoms with Gasteiger partial charge in [0.15, 0.2) is 0 Å². The van der Waals surface area contributed by atoms with Crippen molar-refractivity contribution in [3.8, 4) is 5.75 Å². The second-order valence-corrected chi connectivity index (χ2v) is 5.72. The van der Waals surface area contributed by atoms with Gasteiger partial charge in [-0.05, 0) is 48.1 Å². The molecular formula is C19H21NO2. The van der Waals surface area contributed by atoms with Crippen LogP contribution in [-0.4, -0.2) is 13.0 Å². The Balaban J connectivity index is 1.65. The minimum atomic E-state index is 0.0818. The lowest BCUT2D eigenvalue weighted by molar-refractivity contribution is -0.117. The van der Waals surface area contributed by atoms with Crippen LogP contribution in [0.4, 0.5) is 5.69 Å². The highest BCUT2D eigenvalue weighted by Gasteiger charge is 2.43. The Labute approximate surface area is 131 Å². The summed E-state index contributed by atoms with van der Waals surface area (Å²) in [4.78, 5) is 12.4. The zero-order valence-electron chi connectivity index (χ0n) is 13.0. The summed E-state index contributed by atoms with van der Waals surface area (Å²) in [6, 6.07) is 16.0. The third kappa shape index (κ3) is 2.98. The first kappa shape index (κ1) is 14.6. The second kappa shape index (κ2) is 6.22. The summed E-state index contributed by atoms with van der Waals surface area (Å²) in [6.45, 7) is 2.10. The number of para-hydroxylation sites is 1. The van der Waals surface area contributed by atoms with Crippen molar-refractivity contribution in [2.24, 2.45) is 5.92 Å². The fourth-order valence-corrected chi connectivity index (χ4v) is 2.88. The van der Waals surface area contributed by atoms with Gasteiger partial charge in [0.1, 0.15) is 5.75 Å². The number of carbonyl (C=O) groups excluding carboxylic acids is 1. The number of hydrogen-bond acceptors (Lipinski definition) is 2. The molecule has 2 unspecified atom stereocenters. The van der Waals surface area contributed by atoms with Gasteiger partial charge in [0.25, 0.3) is 0 Å². The van der Waals surface area contributed by atoms with E-state index in [2.05, 4.69) is 30.4 Å². The Kier molecular flexibility index (Phi) is 4.14. The lowest BCUT2D eigenvalue weighted by Gasteiger charge is -2.09. The molecule has 3 nitrogen and oxygen atoms in total. The highest BCUT2D eigenvalue weighted by atomic mass is 16.5. The average molecular weight is 295 g/mol. The van der Waals surface area contributed by atoms with E-state index < -0.39 is 0 Å². The molecule has 1 amide bonds. The molecule has 0 radical (unpaired) electrons. The Morgan fingerprint density at radius 3 is 2.59 bits per heavy atom. The SMILES string of the molecule is CCc1ccccc1NC(=O)C1CC1c1ccc(OC)cc1. The number of nitrogens with one attached hydrogen (secondary N) is 1. The summed E-state index contributed by atoms with van der Waals surface area (Å²) in [5, 5.41) is 3.08. The third-order valence-electron chi connectivity index (χ3n) is 4.33. The zero-order chi connectivity index (χ0) is 15.5. The van der Waals surface area contributed by atoms with Crippen molar-refractivity contribution in [2.75, 3.05) is 12.4 Å². The van der Waals surface area contributed by atoms with E-state index in [0.29, 0.717) is 5.92 Å². The fourth-order valence-electron chi connectivity index (χ4n) is 2.88. The standard InChI is InChI=1S/C19H21NO2/c1-3-13-6-4-5-7-18(13)20-19(21)17-12-16(17)14-8-10-15(22-2)11-9-14/h4-11,16-17H,3,12H2,1-2H3,(H,20,21). The zero-order valence-corrected chi connectivity index (χ0v) is 13.0. The topological polar surface area (TPSA) is 38.3 Å². The molecule has 114 valence electrons. The number of methoxy groups -OCH3 is 1. The number of ether oxygens (including phenoxy) is 1. The van der Waals surface area contributed by atoms with Crippen molar-refractivity contribution in [3.05, 3.63) is 59.7 Å². The van der Waals surface area contributed by atoms with Crippen LogP contribution >= 0.6 is 0 Å². The second-order valence-electron chi connectivity index (χ2n) is 5.72. The Morgan fingerprint density at radius 2 is 1.91 bits per heavy atom. The number of carbonyl (C=O) groups is 1. The van der Waals surface area contributed by atoms with Gasteiger partial charge in [-0.1, -0.05) is 37.3 Å². The van der Waals surface area contributed by atoms with Crippen molar-refractivity contribution in [2.45, 2.75) is 25.7 Å². The molecule has 3 heteroatoms. The highest BCUT2D eigenvalue weighted by molar-refractivity contribution is 5.95. The lowest BCUT2D eigenvalue weighted by Crippen LogP contribution is -2.15. The minimum Gasteiger partial charge on any atom is -0.497 e. The molecule has 3 rings (SSSR count). The van der Waals surface area contributed by atoms with Crippen molar-refractivity contribution >= 4 is 11.6 Å². The summed E-state index contributed by atoms with van der Waals surface area (Å²) in [7, 11) is 1.66. The van der Waals surface area contributed by atoms with Crippen LogP contribution in [0.3, 0.4) is 0 Å². The Morgan fingerprint density at radius 1 is 1.18 bits per heavy atom. The molecule has 0 aromatic heterocycles. The van der Waals surface area contributed by atoms with Crippen LogP contribution in [-0.2, 0) is 11.2 Å². The molecule has 2 aromatic carbocycles. The molecule has 2 aromatic rings. The molecule has 1 N–H and O–H groups in total. The first-order valence-corrected chi connectivity index (χ1v) is 7.75. The normalized spacial score (nSPS) is 19.5. The Hall–Kier alpha value is -2.29. The molecule has 22 heavy (non-hydrogen) atoms. The minimum absolute atomic E-state index is 0.0818. The lowest BCUT2D eigenvalue weighted by atomic mass is 10.1. The maximum absolute atomic E-state index is 12.4. The molecule has 0 aliphatic heterocycles. The number of aryl methyl sites for hydroxylation is 1. The number of rotatable bonds is 5. The van der Waals surface area contributed by atoms with Gasteiger partial charge in [0.05, 0.1) is 7.11 Å². The third-order valence-corrected chi connectivity index (χ3v) is 4.33. The van der Waals surface area contributed by atoms with Gasteiger partial charge in [-0.25, -0.2) is 0 Å². The van der Waals surface area contributed by atoms with E-state index in [1.54, 1.807) is 7.11 Å². The van der Waals surface area contributed by atoms with Gasteiger partial charge in [-0.2, -0.15) is 0 Å². The molecular weight excluding hydrogens is 274 g/mol. The van der Waals surface area contributed by atoms with Crippen LogP contribution in [0.2, 0.25) is 0 Å². The van der Waals surface area contributed by atoms with Gasteiger partial charge in [-0.3, -0.25) is 4.79 Å². The molecule has 0 saturated heterocycles. The van der Waals surface area contributed by atoms with Gasteiger partial charge in [-0.15, -0.1) is 0 Å². The van der Waals surface area contributed by atoms with Gasteiger partial charge in [0.2, 0.25) is 5.91 Å². The number of amides is 1. The van der Waals surface area contributed by atoms with E-state index >= 15 is 0 Å². The molecule has 1 aliphatic rings. The van der Waals surface area contributed by atoms with Crippen LogP contribution in [0.25, 0.3) is 0 Å². The largest absolute Gasteiger partial charge is 0.497 e. The summed E-state index contributed by atoms with van der Waals surface area (Å²) < 4.78 is 5.17. The first-order valence-electron chi connectivity index (χ1n) is 7.75. The number of benzene rings is 2. The van der Waals surface area contributed by atoms with Crippen molar-refractivity contribution in [3.63, 3.8) is 0 Å². The predicted octanol–water partition coefficient (Wildman–Crippen LogP) is 4.00. The molecule has 1 fully saturated rings. The van der Waals surface area contributed by atoms with Gasteiger partial charge >= 0.3 is 0 Å². The summed E-state index contributed by atoms with van der Waals surface area (Å²) in [6.07, 6.45) is 1.84. The summed E-state index contributed by atoms with van der Waals surface area (Å²) in [5.41, 5.74) is 3.33. The molecule has 1 aliphatic carbocycles. The summed E-state index contributed by atoms with van der Waals surface area (Å²) >= 11 is 0. The van der Waals surface area contributed by atoms with Crippen LogP contribution in [0.15, 0.2) is 48.5 Å². The molecule has 0 spiro atoms. The van der Waals surface area contributed by atoms with E-state index in [4.69, 9.17) is 4.74 Å². The number of anilines is 1. The van der Waals surface area contributed by atoms with Crippen LogP contribution in [0, 0.1) is 5.92 Å². The van der Waals surface area contributed by atoms with Crippen molar-refractivity contribution in [1.82, 2.24) is 0 Å². The van der Waals surface area contributed by atoms with E-state index in [1.807, 2.05) is 30.3 Å². The van der Waals surface area contributed by atoms with E-state index in [0.717, 1.165) is 24.3 Å². The van der Waals surface area contributed by atoms with E-state index in [1.165, 1.54) is 11.1 Å². The molecule has 2 atom stereocenters. The summed E-state index contributed by atoms with van der Waals surface area (Å²) in [5.74, 6) is 1.39. The van der Waals surface area contributed by atoms with Crippen molar-refractivity contribution < 1.29 is 9.53 Å². The van der Waals surface area contributed by atoms with E-state index in [9.17, 15) is 4.79 Å². The molecule has 0 bridgehead atoms. The fraction of sp³-hybridized carbons (Fsp3) is 0.316. The molecule has 0 heterocycles. The average Bonchev–Trinajstić information content (AvgIpc) is 3.36. The highest BCUT2D eigenvalue weighted by Crippen LogP contribution is 2.48. The van der Waals surface area contributed by atoms with Crippen molar-refractivity contribution in [1.29, 1.82) is 0 Å². The smallest absolute Gasteiger partial charge is 0.228 e. The number of hydrogen-bond donors (Lipinski definition) is 1. The monoisotopic (exact) mass is 295 g/mol. The molecule has 1 saturated carbocycles. The van der Waals surface area contributed by atoms with Gasteiger partial charge in [0, 0.05) is 11.6 Å². The predicted molar refractivity (Wildman–Crippen MR) is 88.3 cm³/mol. The van der Waals surface area contributed by atoms with Crippen LogP contribution in [0.1, 0.15) is 30.4 Å². The first-order chi connectivity index (χ1) is 10.7. The Bertz CT molecular complexity index is 663. The maximum atomic E-state index is 12.4. The van der Waals surface area contributed by atoms with Crippen LogP contribution < -0.4 is 10.1 Å². The van der Waals surface area contributed by atoms with E-state index in [-0.39, 0.29) is 11.8 Å². The van der Waals surface area contributed by atoms with Gasteiger partial charge < -0.3 is 10.1 Å².